The van der Waals surface area contributed by atoms with Gasteiger partial charge in [-0.1, -0.05) is 20.8 Å². The summed E-state index contributed by atoms with van der Waals surface area (Å²) in [6, 6.07) is 0. The maximum Gasteiger partial charge on any atom is 0.192 e. The van der Waals surface area contributed by atoms with E-state index >= 15 is 0 Å². The van der Waals surface area contributed by atoms with Gasteiger partial charge in [-0.05, 0) is 42.8 Å². The molecule has 0 radical (unpaired) electrons. The second-order valence-electron chi connectivity index (χ2n) is 8.17. The molecule has 3 fully saturated rings. The topological polar surface area (TPSA) is 27.7 Å². The van der Waals surface area contributed by atoms with Crippen LogP contribution in [0.1, 0.15) is 40.0 Å². The summed E-state index contributed by atoms with van der Waals surface area (Å²) < 4.78 is 18.3. The number of hydrogen-bond acceptors (Lipinski definition) is 3. The van der Waals surface area contributed by atoms with Crippen LogP contribution < -0.4 is 0 Å². The first-order valence-corrected chi connectivity index (χ1v) is 10.5. The average molecular weight is 284 g/mol. The summed E-state index contributed by atoms with van der Waals surface area (Å²) in [5, 5.41) is 0.270. The molecule has 3 nitrogen and oxygen atoms in total. The van der Waals surface area contributed by atoms with Gasteiger partial charge in [0.05, 0.1) is 11.7 Å². The van der Waals surface area contributed by atoms with E-state index in [0.29, 0.717) is 5.92 Å². The third-order valence-electron chi connectivity index (χ3n) is 5.90. The molecule has 4 heteroatoms. The molecule has 3 aliphatic rings. The molecule has 0 N–H and O–H groups in total. The predicted octanol–water partition coefficient (Wildman–Crippen LogP) is 3.55. The third kappa shape index (κ3) is 2.03. The van der Waals surface area contributed by atoms with Crippen molar-refractivity contribution in [2.24, 2.45) is 11.8 Å². The zero-order chi connectivity index (χ0) is 14.1. The zero-order valence-electron chi connectivity index (χ0n) is 13.2. The maximum absolute atomic E-state index is 6.79. The Kier molecular flexibility index (Phi) is 3.00. The summed E-state index contributed by atoms with van der Waals surface area (Å²) in [5.41, 5.74) is 0.0426. The molecule has 0 aromatic carbocycles. The fourth-order valence-corrected chi connectivity index (χ4v) is 5.34. The predicted molar refractivity (Wildman–Crippen MR) is 77.5 cm³/mol. The second kappa shape index (κ2) is 4.06. The molecule has 19 heavy (non-hydrogen) atoms. The molecule has 0 bridgehead atoms. The lowest BCUT2D eigenvalue weighted by molar-refractivity contribution is -0.142. The zero-order valence-corrected chi connectivity index (χ0v) is 14.2. The largest absolute Gasteiger partial charge is 0.408 e. The Balaban J connectivity index is 1.76. The molecule has 2 unspecified atom stereocenters. The van der Waals surface area contributed by atoms with Crippen LogP contribution in [0.5, 0.6) is 0 Å². The Morgan fingerprint density at radius 3 is 2.47 bits per heavy atom. The van der Waals surface area contributed by atoms with Gasteiger partial charge in [-0.25, -0.2) is 0 Å². The minimum atomic E-state index is -1.71. The first kappa shape index (κ1) is 14.1. The van der Waals surface area contributed by atoms with Gasteiger partial charge in [-0.15, -0.1) is 0 Å². The quantitative estimate of drug-likeness (QED) is 0.742. The van der Waals surface area contributed by atoms with Crippen LogP contribution in [-0.4, -0.2) is 33.4 Å². The average Bonchev–Trinajstić information content (AvgIpc) is 2.68. The number of methoxy groups -OCH3 is 1. The maximum atomic E-state index is 6.79. The second-order valence-corrected chi connectivity index (χ2v) is 12.9. The van der Waals surface area contributed by atoms with Gasteiger partial charge in [0, 0.05) is 13.5 Å². The van der Waals surface area contributed by atoms with Crippen molar-refractivity contribution in [1.82, 2.24) is 0 Å². The minimum Gasteiger partial charge on any atom is -0.408 e. The van der Waals surface area contributed by atoms with Crippen molar-refractivity contribution < 1.29 is 13.9 Å². The summed E-state index contributed by atoms with van der Waals surface area (Å²) in [6.07, 6.45) is 3.82. The van der Waals surface area contributed by atoms with Crippen molar-refractivity contribution in [3.8, 4) is 0 Å². The third-order valence-corrected chi connectivity index (χ3v) is 10.4. The Morgan fingerprint density at radius 2 is 1.89 bits per heavy atom. The van der Waals surface area contributed by atoms with E-state index in [1.54, 1.807) is 7.11 Å². The van der Waals surface area contributed by atoms with Crippen molar-refractivity contribution >= 4 is 8.32 Å². The van der Waals surface area contributed by atoms with Crippen LogP contribution >= 0.6 is 0 Å². The van der Waals surface area contributed by atoms with Gasteiger partial charge in [-0.2, -0.15) is 0 Å². The highest BCUT2D eigenvalue weighted by Crippen LogP contribution is 2.66. The molecule has 2 saturated carbocycles. The van der Waals surface area contributed by atoms with E-state index in [9.17, 15) is 0 Å². The molecule has 0 amide bonds. The van der Waals surface area contributed by atoms with Crippen molar-refractivity contribution in [2.45, 2.75) is 76.2 Å². The summed E-state index contributed by atoms with van der Waals surface area (Å²) in [7, 11) is 0.0340. The fourth-order valence-electron chi connectivity index (χ4n) is 3.72. The number of fused-ring (bicyclic) bond motifs is 3. The van der Waals surface area contributed by atoms with Crippen molar-refractivity contribution in [1.29, 1.82) is 0 Å². The molecule has 3 rings (SSSR count). The van der Waals surface area contributed by atoms with Gasteiger partial charge < -0.3 is 13.9 Å². The highest BCUT2D eigenvalue weighted by atomic mass is 28.4. The van der Waals surface area contributed by atoms with Crippen LogP contribution in [0.4, 0.5) is 0 Å². The van der Waals surface area contributed by atoms with Gasteiger partial charge >= 0.3 is 0 Å². The van der Waals surface area contributed by atoms with Crippen LogP contribution in [-0.2, 0) is 13.9 Å². The molecule has 0 spiro atoms. The Hall–Kier alpha value is 0.0969. The van der Waals surface area contributed by atoms with E-state index in [1.165, 1.54) is 12.8 Å². The van der Waals surface area contributed by atoms with Crippen molar-refractivity contribution in [3.63, 3.8) is 0 Å². The summed E-state index contributed by atoms with van der Waals surface area (Å²) in [6.45, 7) is 11.6. The van der Waals surface area contributed by atoms with Crippen LogP contribution in [0.15, 0.2) is 0 Å². The molecule has 1 saturated heterocycles. The lowest BCUT2D eigenvalue weighted by atomic mass is 9.99. The van der Waals surface area contributed by atoms with E-state index in [1.807, 2.05) is 0 Å². The summed E-state index contributed by atoms with van der Waals surface area (Å²) in [4.78, 5) is 0. The van der Waals surface area contributed by atoms with E-state index in [4.69, 9.17) is 13.9 Å². The van der Waals surface area contributed by atoms with E-state index in [0.717, 1.165) is 12.3 Å². The minimum absolute atomic E-state index is 0.00330. The smallest absolute Gasteiger partial charge is 0.192 e. The van der Waals surface area contributed by atoms with Crippen molar-refractivity contribution in [3.05, 3.63) is 0 Å². The monoisotopic (exact) mass is 284 g/mol. The highest BCUT2D eigenvalue weighted by Gasteiger charge is 2.72. The fraction of sp³-hybridized carbons (Fsp3) is 1.00. The number of hydrogen-bond donors (Lipinski definition) is 0. The molecule has 0 aromatic rings. The van der Waals surface area contributed by atoms with Crippen molar-refractivity contribution in [2.75, 3.05) is 7.11 Å². The molecule has 110 valence electrons. The summed E-state index contributed by atoms with van der Waals surface area (Å²) in [5.74, 6) is 1.41. The van der Waals surface area contributed by atoms with E-state index in [-0.39, 0.29) is 23.0 Å². The molecule has 1 heterocycles. The standard InChI is InChI=1S/C15H28O3Si/c1-14(2,3)19(5,6)18-15-9-11(15)7-10-8-12(16-4)17-13(10)15/h10-13H,7-9H2,1-6H3/t10?,11-,12-,13+,15?/m1/s1. The first-order chi connectivity index (χ1) is 8.69. The number of ether oxygens (including phenoxy) is 2. The number of rotatable bonds is 3. The van der Waals surface area contributed by atoms with Gasteiger partial charge in [-0.3, -0.25) is 0 Å². The Labute approximate surface area is 118 Å². The molecule has 0 aromatic heterocycles. The van der Waals surface area contributed by atoms with E-state index < -0.39 is 8.32 Å². The van der Waals surface area contributed by atoms with Crippen LogP contribution in [0.25, 0.3) is 0 Å². The van der Waals surface area contributed by atoms with Crippen LogP contribution in [0.2, 0.25) is 18.1 Å². The molecule has 5 atom stereocenters. The highest BCUT2D eigenvalue weighted by molar-refractivity contribution is 6.74. The van der Waals surface area contributed by atoms with Crippen LogP contribution in [0, 0.1) is 11.8 Å². The molecule has 1 aliphatic heterocycles. The Morgan fingerprint density at radius 1 is 1.21 bits per heavy atom. The van der Waals surface area contributed by atoms with Gasteiger partial charge in [0.2, 0.25) is 0 Å². The molecular weight excluding hydrogens is 256 g/mol. The SMILES string of the molecule is CO[C@H]1CC2C[C@@H]3CC3(O[Si](C)(C)C(C)(C)C)[C@H]2O1. The molecule has 2 aliphatic carbocycles. The summed E-state index contributed by atoms with van der Waals surface area (Å²) >= 11 is 0. The first-order valence-electron chi connectivity index (χ1n) is 7.58. The molecular formula is C15H28O3Si. The van der Waals surface area contributed by atoms with Gasteiger partial charge in [0.1, 0.15) is 0 Å². The van der Waals surface area contributed by atoms with Gasteiger partial charge in [0.25, 0.3) is 0 Å². The Bertz CT molecular complexity index is 376. The van der Waals surface area contributed by atoms with Gasteiger partial charge in [0.15, 0.2) is 14.6 Å². The van der Waals surface area contributed by atoms with E-state index in [2.05, 4.69) is 33.9 Å². The lowest BCUT2D eigenvalue weighted by Crippen LogP contribution is -2.48. The lowest BCUT2D eigenvalue weighted by Gasteiger charge is -2.41. The van der Waals surface area contributed by atoms with Crippen LogP contribution in [0.3, 0.4) is 0 Å². The normalized spacial score (nSPS) is 45.2.